The molecule has 1 aliphatic rings. The highest BCUT2D eigenvalue weighted by molar-refractivity contribution is 5.84. The van der Waals surface area contributed by atoms with Crippen molar-refractivity contribution in [2.24, 2.45) is 0 Å². The van der Waals surface area contributed by atoms with Gasteiger partial charge in [0.1, 0.15) is 6.26 Å². The van der Waals surface area contributed by atoms with E-state index in [1.165, 1.54) is 23.0 Å². The zero-order valence-corrected chi connectivity index (χ0v) is 12.9. The highest BCUT2D eigenvalue weighted by atomic mass is 16.4. The van der Waals surface area contributed by atoms with Crippen LogP contribution in [-0.2, 0) is 6.54 Å². The lowest BCUT2D eigenvalue weighted by molar-refractivity contribution is 0.0690. The maximum atomic E-state index is 10.9. The number of rotatable bonds is 4. The van der Waals surface area contributed by atoms with Gasteiger partial charge in [-0.15, -0.1) is 0 Å². The first-order chi connectivity index (χ1) is 10.5. The molecule has 5 nitrogen and oxygen atoms in total. The number of aromatic nitrogens is 1. The SMILES string of the molecule is Cc1ccc(C)c(C2CCCN2Cc2nc(C(=O)O)co2)c1. The molecule has 3 rings (SSSR count). The minimum absolute atomic E-state index is 0.0301. The molecule has 0 bridgehead atoms. The molecular formula is C17H20N2O3. The van der Waals surface area contributed by atoms with Crippen LogP contribution in [0.15, 0.2) is 28.9 Å². The minimum atomic E-state index is -1.05. The second-order valence-electron chi connectivity index (χ2n) is 5.92. The predicted octanol–water partition coefficient (Wildman–Crippen LogP) is 3.33. The molecule has 1 unspecified atom stereocenters. The van der Waals surface area contributed by atoms with Crippen LogP contribution in [0.25, 0.3) is 0 Å². The van der Waals surface area contributed by atoms with Gasteiger partial charge in [-0.25, -0.2) is 9.78 Å². The van der Waals surface area contributed by atoms with Crippen LogP contribution in [0.4, 0.5) is 0 Å². The number of aryl methyl sites for hydroxylation is 2. The Bertz CT molecular complexity index is 693. The molecule has 0 saturated carbocycles. The summed E-state index contributed by atoms with van der Waals surface area (Å²) >= 11 is 0. The van der Waals surface area contributed by atoms with Crippen LogP contribution in [0, 0.1) is 13.8 Å². The van der Waals surface area contributed by atoms with Crippen molar-refractivity contribution in [3.8, 4) is 0 Å². The molecular weight excluding hydrogens is 280 g/mol. The van der Waals surface area contributed by atoms with Crippen molar-refractivity contribution in [2.75, 3.05) is 6.54 Å². The van der Waals surface area contributed by atoms with Crippen molar-refractivity contribution in [1.29, 1.82) is 0 Å². The van der Waals surface area contributed by atoms with E-state index in [1.54, 1.807) is 0 Å². The van der Waals surface area contributed by atoms with E-state index in [1.807, 2.05) is 0 Å². The van der Waals surface area contributed by atoms with Gasteiger partial charge in [0.2, 0.25) is 5.89 Å². The van der Waals surface area contributed by atoms with Gasteiger partial charge in [-0.3, -0.25) is 4.90 Å². The van der Waals surface area contributed by atoms with Crippen LogP contribution >= 0.6 is 0 Å². The Morgan fingerprint density at radius 1 is 1.45 bits per heavy atom. The lowest BCUT2D eigenvalue weighted by Crippen LogP contribution is -2.23. The quantitative estimate of drug-likeness (QED) is 0.938. The van der Waals surface area contributed by atoms with E-state index < -0.39 is 5.97 Å². The third-order valence-corrected chi connectivity index (χ3v) is 4.27. The maximum absolute atomic E-state index is 10.9. The molecule has 1 aliphatic heterocycles. The van der Waals surface area contributed by atoms with Gasteiger partial charge < -0.3 is 9.52 Å². The molecule has 2 aromatic rings. The third-order valence-electron chi connectivity index (χ3n) is 4.27. The number of oxazole rings is 1. The van der Waals surface area contributed by atoms with Crippen molar-refractivity contribution in [3.63, 3.8) is 0 Å². The zero-order chi connectivity index (χ0) is 15.7. The summed E-state index contributed by atoms with van der Waals surface area (Å²) in [4.78, 5) is 17.2. The van der Waals surface area contributed by atoms with Gasteiger partial charge in [-0.05, 0) is 44.4 Å². The smallest absolute Gasteiger partial charge is 0.357 e. The van der Waals surface area contributed by atoms with Crippen LogP contribution in [0.3, 0.4) is 0 Å². The molecule has 1 atom stereocenters. The van der Waals surface area contributed by atoms with Crippen molar-refractivity contribution in [3.05, 3.63) is 52.7 Å². The number of hydrogen-bond acceptors (Lipinski definition) is 4. The predicted molar refractivity (Wildman–Crippen MR) is 81.8 cm³/mol. The molecule has 1 fully saturated rings. The molecule has 0 spiro atoms. The van der Waals surface area contributed by atoms with Crippen LogP contribution in [0.1, 0.15) is 52.0 Å². The number of carboxylic acid groups (broad SMARTS) is 1. The molecule has 0 aliphatic carbocycles. The summed E-state index contributed by atoms with van der Waals surface area (Å²) in [5, 5.41) is 8.92. The van der Waals surface area contributed by atoms with Gasteiger partial charge >= 0.3 is 5.97 Å². The summed E-state index contributed by atoms with van der Waals surface area (Å²) in [7, 11) is 0. The molecule has 2 heterocycles. The van der Waals surface area contributed by atoms with E-state index in [-0.39, 0.29) is 5.69 Å². The fraction of sp³-hybridized carbons (Fsp3) is 0.412. The van der Waals surface area contributed by atoms with Crippen molar-refractivity contribution in [2.45, 2.75) is 39.3 Å². The van der Waals surface area contributed by atoms with E-state index in [4.69, 9.17) is 9.52 Å². The molecule has 1 aromatic heterocycles. The summed E-state index contributed by atoms with van der Waals surface area (Å²) in [6, 6.07) is 6.89. The van der Waals surface area contributed by atoms with Gasteiger partial charge in [-0.2, -0.15) is 0 Å². The second kappa shape index (κ2) is 5.93. The Balaban J connectivity index is 1.80. The summed E-state index contributed by atoms with van der Waals surface area (Å²) in [5.41, 5.74) is 3.87. The molecule has 116 valence electrons. The number of hydrogen-bond donors (Lipinski definition) is 1. The lowest BCUT2D eigenvalue weighted by Gasteiger charge is -2.25. The van der Waals surface area contributed by atoms with E-state index in [0.717, 1.165) is 19.4 Å². The average molecular weight is 300 g/mol. The normalized spacial score (nSPS) is 18.7. The van der Waals surface area contributed by atoms with Gasteiger partial charge in [0.25, 0.3) is 0 Å². The third kappa shape index (κ3) is 2.90. The highest BCUT2D eigenvalue weighted by Crippen LogP contribution is 2.35. The molecule has 0 amide bonds. The maximum Gasteiger partial charge on any atom is 0.357 e. The molecule has 1 aromatic carbocycles. The van der Waals surface area contributed by atoms with Crippen molar-refractivity contribution < 1.29 is 14.3 Å². The van der Waals surface area contributed by atoms with E-state index in [0.29, 0.717) is 18.5 Å². The van der Waals surface area contributed by atoms with Gasteiger partial charge in [0.15, 0.2) is 5.69 Å². The first kappa shape index (κ1) is 14.8. The number of aromatic carboxylic acids is 1. The minimum Gasteiger partial charge on any atom is -0.476 e. The first-order valence-electron chi connectivity index (χ1n) is 7.53. The number of carboxylic acids is 1. The number of likely N-dealkylation sites (tertiary alicyclic amines) is 1. The largest absolute Gasteiger partial charge is 0.476 e. The Kier molecular flexibility index (Phi) is 3.98. The monoisotopic (exact) mass is 300 g/mol. The highest BCUT2D eigenvalue weighted by Gasteiger charge is 2.28. The van der Waals surface area contributed by atoms with Crippen molar-refractivity contribution in [1.82, 2.24) is 9.88 Å². The topological polar surface area (TPSA) is 66.6 Å². The Morgan fingerprint density at radius 2 is 2.27 bits per heavy atom. The van der Waals surface area contributed by atoms with Crippen LogP contribution < -0.4 is 0 Å². The zero-order valence-electron chi connectivity index (χ0n) is 12.9. The van der Waals surface area contributed by atoms with Crippen molar-refractivity contribution >= 4 is 5.97 Å². The Labute approximate surface area is 129 Å². The Hall–Kier alpha value is -2.14. The van der Waals surface area contributed by atoms with Gasteiger partial charge in [0, 0.05) is 6.04 Å². The van der Waals surface area contributed by atoms with Gasteiger partial charge in [-0.1, -0.05) is 23.8 Å². The van der Waals surface area contributed by atoms with E-state index in [2.05, 4.69) is 41.9 Å². The number of nitrogens with zero attached hydrogens (tertiary/aromatic N) is 2. The molecule has 22 heavy (non-hydrogen) atoms. The fourth-order valence-corrected chi connectivity index (χ4v) is 3.14. The van der Waals surface area contributed by atoms with Crippen LogP contribution in [-0.4, -0.2) is 27.5 Å². The fourth-order valence-electron chi connectivity index (χ4n) is 3.14. The first-order valence-corrected chi connectivity index (χ1v) is 7.53. The summed E-state index contributed by atoms with van der Waals surface area (Å²) in [5.74, 6) is -0.586. The summed E-state index contributed by atoms with van der Waals surface area (Å²) < 4.78 is 5.29. The van der Waals surface area contributed by atoms with Crippen LogP contribution in [0.2, 0.25) is 0 Å². The Morgan fingerprint density at radius 3 is 3.00 bits per heavy atom. The number of benzene rings is 1. The summed E-state index contributed by atoms with van der Waals surface area (Å²) in [6.45, 7) is 5.77. The van der Waals surface area contributed by atoms with E-state index >= 15 is 0 Å². The van der Waals surface area contributed by atoms with Crippen LogP contribution in [0.5, 0.6) is 0 Å². The molecule has 1 N–H and O–H groups in total. The standard InChI is InChI=1S/C17H20N2O3/c1-11-5-6-12(2)13(8-11)15-4-3-7-19(15)9-16-18-14(10-22-16)17(20)21/h5-6,8,10,15H,3-4,7,9H2,1-2H3,(H,20,21). The van der Waals surface area contributed by atoms with E-state index in [9.17, 15) is 4.79 Å². The molecule has 5 heteroatoms. The average Bonchev–Trinajstić information content (AvgIpc) is 3.11. The molecule has 0 radical (unpaired) electrons. The lowest BCUT2D eigenvalue weighted by atomic mass is 9.97. The number of carbonyl (C=O) groups is 1. The summed E-state index contributed by atoms with van der Waals surface area (Å²) in [6.07, 6.45) is 3.45. The van der Waals surface area contributed by atoms with Gasteiger partial charge in [0.05, 0.1) is 6.54 Å². The second-order valence-corrected chi connectivity index (χ2v) is 5.92. The molecule has 1 saturated heterocycles.